The third kappa shape index (κ3) is 4.33. The van der Waals surface area contributed by atoms with Crippen molar-refractivity contribution in [2.45, 2.75) is 58.0 Å². The molecule has 0 aromatic carbocycles. The van der Waals surface area contributed by atoms with Crippen LogP contribution in [0.3, 0.4) is 0 Å². The van der Waals surface area contributed by atoms with Crippen LogP contribution >= 0.6 is 0 Å². The maximum absolute atomic E-state index is 13.0. The molecule has 1 aromatic heterocycles. The first kappa shape index (κ1) is 21.2. The van der Waals surface area contributed by atoms with Crippen molar-refractivity contribution in [1.29, 1.82) is 0 Å². The second kappa shape index (κ2) is 8.57. The first-order valence-electron chi connectivity index (χ1n) is 11.4. The van der Waals surface area contributed by atoms with Crippen molar-refractivity contribution in [2.24, 2.45) is 5.92 Å². The highest BCUT2D eigenvalue weighted by molar-refractivity contribution is 5.94. The molecule has 8 heteroatoms. The Morgan fingerprint density at radius 3 is 2.80 bits per heavy atom. The van der Waals surface area contributed by atoms with Gasteiger partial charge in [0.05, 0.1) is 6.54 Å². The van der Waals surface area contributed by atoms with Gasteiger partial charge in [0.25, 0.3) is 5.91 Å². The SMILES string of the molecule is CC(C)CN(C)CCCN1CC2(CCN(C(=O)c3n[nH]c4c3CCC4)CC2)OC1=O. The lowest BCUT2D eigenvalue weighted by Gasteiger charge is -2.37. The summed E-state index contributed by atoms with van der Waals surface area (Å²) in [6.45, 7) is 9.06. The molecule has 2 amide bonds. The first-order chi connectivity index (χ1) is 14.4. The van der Waals surface area contributed by atoms with Crippen LogP contribution in [0.15, 0.2) is 0 Å². The number of carbonyl (C=O) groups is 2. The van der Waals surface area contributed by atoms with Gasteiger partial charge in [0, 0.05) is 50.3 Å². The predicted molar refractivity (Wildman–Crippen MR) is 113 cm³/mol. The summed E-state index contributed by atoms with van der Waals surface area (Å²) < 4.78 is 5.83. The number of piperidine rings is 1. The van der Waals surface area contributed by atoms with Gasteiger partial charge in [-0.25, -0.2) is 4.79 Å². The van der Waals surface area contributed by atoms with E-state index in [1.54, 1.807) is 0 Å². The molecule has 1 aliphatic carbocycles. The molecular weight excluding hydrogens is 382 g/mol. The molecule has 0 radical (unpaired) electrons. The van der Waals surface area contributed by atoms with E-state index < -0.39 is 5.60 Å². The Bertz CT molecular complexity index is 782. The Hall–Kier alpha value is -2.09. The predicted octanol–water partition coefficient (Wildman–Crippen LogP) is 2.30. The molecule has 1 aromatic rings. The lowest BCUT2D eigenvalue weighted by Crippen LogP contribution is -2.49. The molecule has 0 atom stereocenters. The van der Waals surface area contributed by atoms with Crippen molar-refractivity contribution in [3.8, 4) is 0 Å². The van der Waals surface area contributed by atoms with Gasteiger partial charge in [-0.3, -0.25) is 9.89 Å². The van der Waals surface area contributed by atoms with Crippen LogP contribution in [0.4, 0.5) is 4.79 Å². The number of likely N-dealkylation sites (tertiary alicyclic amines) is 1. The number of nitrogens with one attached hydrogen (secondary N) is 1. The summed E-state index contributed by atoms with van der Waals surface area (Å²) in [5.41, 5.74) is 2.37. The minimum absolute atomic E-state index is 0.0126. The molecule has 2 fully saturated rings. The van der Waals surface area contributed by atoms with E-state index in [9.17, 15) is 9.59 Å². The number of rotatable bonds is 7. The van der Waals surface area contributed by atoms with Crippen molar-refractivity contribution in [2.75, 3.05) is 46.3 Å². The third-order valence-electron chi connectivity index (χ3n) is 6.66. The summed E-state index contributed by atoms with van der Waals surface area (Å²) in [4.78, 5) is 31.4. The summed E-state index contributed by atoms with van der Waals surface area (Å²) >= 11 is 0. The quantitative estimate of drug-likeness (QED) is 0.736. The molecule has 166 valence electrons. The fourth-order valence-corrected chi connectivity index (χ4v) is 5.13. The molecule has 1 spiro atoms. The highest BCUT2D eigenvalue weighted by atomic mass is 16.6. The van der Waals surface area contributed by atoms with Gasteiger partial charge >= 0.3 is 6.09 Å². The Kier molecular flexibility index (Phi) is 6.04. The Morgan fingerprint density at radius 2 is 2.07 bits per heavy atom. The van der Waals surface area contributed by atoms with Crippen molar-refractivity contribution in [3.05, 3.63) is 17.0 Å². The minimum Gasteiger partial charge on any atom is -0.441 e. The molecule has 0 bridgehead atoms. The first-order valence-corrected chi connectivity index (χ1v) is 11.4. The molecule has 3 heterocycles. The third-order valence-corrected chi connectivity index (χ3v) is 6.66. The molecule has 0 saturated carbocycles. The number of fused-ring (bicyclic) bond motifs is 1. The number of ether oxygens (including phenoxy) is 1. The van der Waals surface area contributed by atoms with Crippen molar-refractivity contribution < 1.29 is 14.3 Å². The lowest BCUT2D eigenvalue weighted by molar-refractivity contribution is 0.00294. The molecule has 2 saturated heterocycles. The number of carbonyl (C=O) groups excluding carboxylic acids is 2. The number of nitrogens with zero attached hydrogens (tertiary/aromatic N) is 4. The summed E-state index contributed by atoms with van der Waals surface area (Å²) in [6.07, 6.45) is 5.14. The number of H-pyrrole nitrogens is 1. The second-order valence-corrected chi connectivity index (χ2v) is 9.66. The topological polar surface area (TPSA) is 81.8 Å². The number of hydrogen-bond donors (Lipinski definition) is 1. The molecule has 4 rings (SSSR count). The summed E-state index contributed by atoms with van der Waals surface area (Å²) in [7, 11) is 2.13. The molecule has 3 aliphatic rings. The van der Waals surface area contributed by atoms with Gasteiger partial charge in [-0.2, -0.15) is 5.10 Å². The Labute approximate surface area is 178 Å². The van der Waals surface area contributed by atoms with Gasteiger partial charge in [-0.1, -0.05) is 13.8 Å². The van der Waals surface area contributed by atoms with Gasteiger partial charge in [0.1, 0.15) is 5.60 Å². The Balaban J connectivity index is 1.27. The van der Waals surface area contributed by atoms with Crippen LogP contribution in [-0.2, 0) is 17.6 Å². The van der Waals surface area contributed by atoms with E-state index in [1.807, 2.05) is 9.80 Å². The van der Waals surface area contributed by atoms with Crippen LogP contribution in [0, 0.1) is 5.92 Å². The van der Waals surface area contributed by atoms with E-state index in [-0.39, 0.29) is 12.0 Å². The molecule has 1 N–H and O–H groups in total. The van der Waals surface area contributed by atoms with E-state index in [0.29, 0.717) is 44.1 Å². The fraction of sp³-hybridized carbons (Fsp3) is 0.773. The van der Waals surface area contributed by atoms with Crippen LogP contribution in [0.1, 0.15) is 61.3 Å². The van der Waals surface area contributed by atoms with Crippen LogP contribution in [0.5, 0.6) is 0 Å². The number of aromatic nitrogens is 2. The van der Waals surface area contributed by atoms with E-state index in [2.05, 4.69) is 36.0 Å². The highest BCUT2D eigenvalue weighted by Crippen LogP contribution is 2.34. The van der Waals surface area contributed by atoms with Gasteiger partial charge < -0.3 is 19.4 Å². The minimum atomic E-state index is -0.439. The second-order valence-electron chi connectivity index (χ2n) is 9.66. The van der Waals surface area contributed by atoms with Crippen molar-refractivity contribution in [1.82, 2.24) is 24.9 Å². The van der Waals surface area contributed by atoms with Gasteiger partial charge in [-0.05, 0) is 45.2 Å². The molecule has 8 nitrogen and oxygen atoms in total. The van der Waals surface area contributed by atoms with Crippen molar-refractivity contribution >= 4 is 12.0 Å². The van der Waals surface area contributed by atoms with Crippen LogP contribution < -0.4 is 0 Å². The van der Waals surface area contributed by atoms with Crippen molar-refractivity contribution in [3.63, 3.8) is 0 Å². The lowest BCUT2D eigenvalue weighted by atomic mass is 9.91. The fourth-order valence-electron chi connectivity index (χ4n) is 5.13. The monoisotopic (exact) mass is 417 g/mol. The van der Waals surface area contributed by atoms with Gasteiger partial charge in [-0.15, -0.1) is 0 Å². The number of aromatic amines is 1. The van der Waals surface area contributed by atoms with E-state index in [4.69, 9.17) is 4.74 Å². The smallest absolute Gasteiger partial charge is 0.410 e. The average Bonchev–Trinajstić information content (AvgIpc) is 3.37. The number of hydrogen-bond acceptors (Lipinski definition) is 5. The van der Waals surface area contributed by atoms with Gasteiger partial charge in [0.2, 0.25) is 0 Å². The van der Waals surface area contributed by atoms with E-state index in [0.717, 1.165) is 56.6 Å². The maximum atomic E-state index is 13.0. The molecular formula is C22H35N5O3. The van der Waals surface area contributed by atoms with E-state index >= 15 is 0 Å². The largest absolute Gasteiger partial charge is 0.441 e. The van der Waals surface area contributed by atoms with Gasteiger partial charge in [0.15, 0.2) is 5.69 Å². The average molecular weight is 418 g/mol. The number of aryl methyl sites for hydroxylation is 1. The van der Waals surface area contributed by atoms with Crippen LogP contribution in [0.25, 0.3) is 0 Å². The normalized spacial score (nSPS) is 20.5. The molecule has 30 heavy (non-hydrogen) atoms. The van der Waals surface area contributed by atoms with Crippen LogP contribution in [-0.4, -0.2) is 88.8 Å². The zero-order valence-electron chi connectivity index (χ0n) is 18.6. The zero-order chi connectivity index (χ0) is 21.3. The van der Waals surface area contributed by atoms with Crippen LogP contribution in [0.2, 0.25) is 0 Å². The summed E-state index contributed by atoms with van der Waals surface area (Å²) in [5, 5.41) is 7.31. The highest BCUT2D eigenvalue weighted by Gasteiger charge is 2.47. The maximum Gasteiger partial charge on any atom is 0.410 e. The van der Waals surface area contributed by atoms with E-state index in [1.165, 1.54) is 0 Å². The number of amides is 2. The molecule has 0 unspecified atom stereocenters. The molecule has 2 aliphatic heterocycles. The summed E-state index contributed by atoms with van der Waals surface area (Å²) in [6, 6.07) is 0. The standard InChI is InChI=1S/C22H35N5O3/c1-16(2)14-25(3)10-5-11-27-15-22(30-21(27)29)8-12-26(13-9-22)20(28)19-17-6-4-7-18(17)23-24-19/h16H,4-15H2,1-3H3,(H,23,24). The Morgan fingerprint density at radius 1 is 1.30 bits per heavy atom. The summed E-state index contributed by atoms with van der Waals surface area (Å²) in [5.74, 6) is 0.657. The zero-order valence-corrected chi connectivity index (χ0v) is 18.6.